The van der Waals surface area contributed by atoms with Crippen molar-refractivity contribution in [2.24, 2.45) is 11.7 Å². The van der Waals surface area contributed by atoms with Crippen LogP contribution >= 0.6 is 12.4 Å². The molecular weight excluding hydrogens is 260 g/mol. The predicted octanol–water partition coefficient (Wildman–Crippen LogP) is 3.13. The fraction of sp³-hybridized carbons (Fsp3) is 0.533. The van der Waals surface area contributed by atoms with Crippen LogP contribution in [0.3, 0.4) is 0 Å². The number of nitrogens with one attached hydrogen (secondary N) is 1. The molecule has 0 radical (unpaired) electrons. The standard InChI is InChI=1S/C15H22N2O.ClH/c1-2-11-5-3-8-14(9-11)17-15(18)12-6-4-7-13(16)10-12;/h3,5,8-9,12-13H,2,4,6-7,10,16H2,1H3,(H,17,18);1H. The first-order chi connectivity index (χ1) is 8.69. The van der Waals surface area contributed by atoms with Crippen LogP contribution in [0, 0.1) is 5.92 Å². The van der Waals surface area contributed by atoms with E-state index in [1.807, 2.05) is 18.2 Å². The molecule has 1 aliphatic rings. The largest absolute Gasteiger partial charge is 0.328 e. The van der Waals surface area contributed by atoms with Crippen LogP contribution in [0.5, 0.6) is 0 Å². The Bertz CT molecular complexity index is 422. The Morgan fingerprint density at radius 1 is 1.42 bits per heavy atom. The van der Waals surface area contributed by atoms with Gasteiger partial charge in [0.05, 0.1) is 0 Å². The normalized spacial score (nSPS) is 22.4. The summed E-state index contributed by atoms with van der Waals surface area (Å²) < 4.78 is 0. The highest BCUT2D eigenvalue weighted by Crippen LogP contribution is 2.24. The van der Waals surface area contributed by atoms with Gasteiger partial charge in [0.1, 0.15) is 0 Å². The Hall–Kier alpha value is -1.06. The maximum Gasteiger partial charge on any atom is 0.227 e. The molecule has 1 amide bonds. The van der Waals surface area contributed by atoms with E-state index in [0.717, 1.165) is 37.8 Å². The summed E-state index contributed by atoms with van der Waals surface area (Å²) in [6, 6.07) is 8.24. The van der Waals surface area contributed by atoms with E-state index in [9.17, 15) is 4.79 Å². The summed E-state index contributed by atoms with van der Waals surface area (Å²) in [7, 11) is 0. The van der Waals surface area contributed by atoms with Gasteiger partial charge in [-0.15, -0.1) is 12.4 Å². The smallest absolute Gasteiger partial charge is 0.227 e. The molecule has 1 aromatic carbocycles. The second-order valence-electron chi connectivity index (χ2n) is 5.17. The maximum atomic E-state index is 12.1. The van der Waals surface area contributed by atoms with E-state index in [1.54, 1.807) is 0 Å². The lowest BCUT2D eigenvalue weighted by molar-refractivity contribution is -0.120. The molecule has 0 spiro atoms. The molecule has 0 heterocycles. The lowest BCUT2D eigenvalue weighted by Gasteiger charge is -2.25. The minimum Gasteiger partial charge on any atom is -0.328 e. The topological polar surface area (TPSA) is 55.1 Å². The van der Waals surface area contributed by atoms with Gasteiger partial charge in [-0.3, -0.25) is 4.79 Å². The van der Waals surface area contributed by atoms with Crippen molar-refractivity contribution < 1.29 is 4.79 Å². The summed E-state index contributed by atoms with van der Waals surface area (Å²) in [4.78, 5) is 12.1. The number of carbonyl (C=O) groups excluding carboxylic acids is 1. The first-order valence-electron chi connectivity index (χ1n) is 6.84. The summed E-state index contributed by atoms with van der Waals surface area (Å²) in [5.41, 5.74) is 8.07. The zero-order chi connectivity index (χ0) is 13.0. The van der Waals surface area contributed by atoms with Crippen LogP contribution in [0.15, 0.2) is 24.3 Å². The zero-order valence-corrected chi connectivity index (χ0v) is 12.2. The Morgan fingerprint density at radius 3 is 2.89 bits per heavy atom. The van der Waals surface area contributed by atoms with E-state index < -0.39 is 0 Å². The van der Waals surface area contributed by atoms with Crippen LogP contribution in [0.2, 0.25) is 0 Å². The van der Waals surface area contributed by atoms with Crippen molar-refractivity contribution in [2.75, 3.05) is 5.32 Å². The molecule has 0 aromatic heterocycles. The van der Waals surface area contributed by atoms with Crippen LogP contribution < -0.4 is 11.1 Å². The molecule has 1 aromatic rings. The SMILES string of the molecule is CCc1cccc(NC(=O)C2CCCC(N)C2)c1.Cl. The summed E-state index contributed by atoms with van der Waals surface area (Å²) in [6.45, 7) is 2.11. The molecule has 0 saturated heterocycles. The molecule has 19 heavy (non-hydrogen) atoms. The third kappa shape index (κ3) is 4.51. The lowest BCUT2D eigenvalue weighted by atomic mass is 9.85. The van der Waals surface area contributed by atoms with Crippen LogP contribution in [-0.2, 0) is 11.2 Å². The number of amides is 1. The number of carbonyl (C=O) groups is 1. The van der Waals surface area contributed by atoms with Crippen molar-refractivity contribution in [1.82, 2.24) is 0 Å². The van der Waals surface area contributed by atoms with Crippen molar-refractivity contribution in [1.29, 1.82) is 0 Å². The molecule has 3 N–H and O–H groups in total. The van der Waals surface area contributed by atoms with Crippen LogP contribution in [0.4, 0.5) is 5.69 Å². The molecule has 1 fully saturated rings. The Labute approximate surface area is 121 Å². The van der Waals surface area contributed by atoms with Crippen LogP contribution in [0.25, 0.3) is 0 Å². The Kier molecular flexibility index (Phi) is 6.32. The van der Waals surface area contributed by atoms with Gasteiger partial charge in [0.25, 0.3) is 0 Å². The fourth-order valence-electron chi connectivity index (χ4n) is 2.58. The predicted molar refractivity (Wildman–Crippen MR) is 81.6 cm³/mol. The van der Waals surface area contributed by atoms with E-state index in [1.165, 1.54) is 5.56 Å². The van der Waals surface area contributed by atoms with Gasteiger partial charge in [-0.05, 0) is 43.4 Å². The molecule has 106 valence electrons. The first-order valence-corrected chi connectivity index (χ1v) is 6.84. The quantitative estimate of drug-likeness (QED) is 0.895. The van der Waals surface area contributed by atoms with Crippen molar-refractivity contribution >= 4 is 24.0 Å². The average molecular weight is 283 g/mol. The monoisotopic (exact) mass is 282 g/mol. The Morgan fingerprint density at radius 2 is 2.21 bits per heavy atom. The maximum absolute atomic E-state index is 12.1. The molecule has 0 bridgehead atoms. The first kappa shape index (κ1) is 16.0. The van der Waals surface area contributed by atoms with Crippen molar-refractivity contribution in [3.63, 3.8) is 0 Å². The molecule has 2 atom stereocenters. The number of benzene rings is 1. The van der Waals surface area contributed by atoms with Gasteiger partial charge in [-0.25, -0.2) is 0 Å². The minimum atomic E-state index is 0. The van der Waals surface area contributed by atoms with E-state index in [0.29, 0.717) is 0 Å². The second-order valence-corrected chi connectivity index (χ2v) is 5.17. The third-order valence-electron chi connectivity index (χ3n) is 3.69. The highest BCUT2D eigenvalue weighted by atomic mass is 35.5. The van der Waals surface area contributed by atoms with Crippen LogP contribution in [-0.4, -0.2) is 11.9 Å². The van der Waals surface area contributed by atoms with Crippen LogP contribution in [0.1, 0.15) is 38.2 Å². The van der Waals surface area contributed by atoms with Crippen molar-refractivity contribution in [3.8, 4) is 0 Å². The second kappa shape index (κ2) is 7.51. The minimum absolute atomic E-state index is 0. The van der Waals surface area contributed by atoms with E-state index in [-0.39, 0.29) is 30.3 Å². The summed E-state index contributed by atoms with van der Waals surface area (Å²) in [5.74, 6) is 0.206. The third-order valence-corrected chi connectivity index (χ3v) is 3.69. The molecule has 2 rings (SSSR count). The van der Waals surface area contributed by atoms with Gasteiger partial charge in [-0.2, -0.15) is 0 Å². The number of hydrogen-bond acceptors (Lipinski definition) is 2. The van der Waals surface area contributed by atoms with Crippen molar-refractivity contribution in [3.05, 3.63) is 29.8 Å². The summed E-state index contributed by atoms with van der Waals surface area (Å²) in [5, 5.41) is 3.01. The van der Waals surface area contributed by atoms with Gasteiger partial charge < -0.3 is 11.1 Å². The number of anilines is 1. The summed E-state index contributed by atoms with van der Waals surface area (Å²) >= 11 is 0. The molecular formula is C15H23ClN2O. The Balaban J connectivity index is 0.00000180. The fourth-order valence-corrected chi connectivity index (χ4v) is 2.58. The lowest BCUT2D eigenvalue weighted by Crippen LogP contribution is -2.34. The summed E-state index contributed by atoms with van der Waals surface area (Å²) in [6.07, 6.45) is 4.88. The van der Waals surface area contributed by atoms with Gasteiger partial charge in [0.15, 0.2) is 0 Å². The average Bonchev–Trinajstić information content (AvgIpc) is 2.39. The molecule has 2 unspecified atom stereocenters. The highest BCUT2D eigenvalue weighted by molar-refractivity contribution is 5.92. The van der Waals surface area contributed by atoms with Gasteiger partial charge >= 0.3 is 0 Å². The number of nitrogens with two attached hydrogens (primary N) is 1. The number of halogens is 1. The molecule has 0 aliphatic heterocycles. The van der Waals surface area contributed by atoms with E-state index >= 15 is 0 Å². The molecule has 3 nitrogen and oxygen atoms in total. The highest BCUT2D eigenvalue weighted by Gasteiger charge is 2.25. The van der Waals surface area contributed by atoms with Crippen molar-refractivity contribution in [2.45, 2.75) is 45.1 Å². The van der Waals surface area contributed by atoms with E-state index in [4.69, 9.17) is 5.73 Å². The number of hydrogen-bond donors (Lipinski definition) is 2. The van der Waals surface area contributed by atoms with Gasteiger partial charge in [0, 0.05) is 17.6 Å². The van der Waals surface area contributed by atoms with Gasteiger partial charge in [0.2, 0.25) is 5.91 Å². The van der Waals surface area contributed by atoms with Gasteiger partial charge in [-0.1, -0.05) is 25.5 Å². The molecule has 1 aliphatic carbocycles. The number of aryl methyl sites for hydroxylation is 1. The zero-order valence-electron chi connectivity index (χ0n) is 11.4. The number of rotatable bonds is 3. The molecule has 4 heteroatoms. The molecule has 1 saturated carbocycles. The van der Waals surface area contributed by atoms with E-state index in [2.05, 4.69) is 18.3 Å².